The van der Waals surface area contributed by atoms with Gasteiger partial charge in [0.1, 0.15) is 0 Å². The Hall–Kier alpha value is -1.87. The number of rotatable bonds is 5. The molecule has 2 aliphatic carbocycles. The molecule has 6 heteroatoms. The van der Waals surface area contributed by atoms with E-state index in [9.17, 15) is 13.2 Å². The van der Waals surface area contributed by atoms with Crippen LogP contribution in [-0.2, 0) is 10.0 Å². The fourth-order valence-corrected chi connectivity index (χ4v) is 4.69. The lowest BCUT2D eigenvalue weighted by molar-refractivity contribution is 0.0980. The molecule has 122 valence electrons. The van der Waals surface area contributed by atoms with Crippen molar-refractivity contribution in [1.82, 2.24) is 4.72 Å². The van der Waals surface area contributed by atoms with Gasteiger partial charge in [0.25, 0.3) is 5.91 Å². The van der Waals surface area contributed by atoms with E-state index >= 15 is 0 Å². The Kier molecular flexibility index (Phi) is 4.15. The molecule has 1 N–H and O–H groups in total. The summed E-state index contributed by atoms with van der Waals surface area (Å²) in [6.07, 6.45) is 5.61. The van der Waals surface area contributed by atoms with E-state index in [-0.39, 0.29) is 5.75 Å². The highest BCUT2D eigenvalue weighted by atomic mass is 32.2. The summed E-state index contributed by atoms with van der Waals surface area (Å²) >= 11 is 0. The zero-order valence-electron chi connectivity index (χ0n) is 12.9. The van der Waals surface area contributed by atoms with Crippen LogP contribution in [-0.4, -0.2) is 20.1 Å². The van der Waals surface area contributed by atoms with E-state index < -0.39 is 21.3 Å². The molecular weight excluding hydrogens is 312 g/mol. The number of amides is 1. The van der Waals surface area contributed by atoms with E-state index in [2.05, 4.69) is 10.8 Å². The third-order valence-electron chi connectivity index (χ3n) is 5.01. The molecule has 1 aromatic rings. The summed E-state index contributed by atoms with van der Waals surface area (Å²) in [5, 5.41) is 9.14. The van der Waals surface area contributed by atoms with Gasteiger partial charge in [-0.1, -0.05) is 25.0 Å². The summed E-state index contributed by atoms with van der Waals surface area (Å²) in [4.78, 5) is 12.1. The van der Waals surface area contributed by atoms with Gasteiger partial charge in [-0.2, -0.15) is 5.26 Å². The van der Waals surface area contributed by atoms with Gasteiger partial charge in [-0.25, -0.2) is 13.1 Å². The molecule has 0 spiro atoms. The lowest BCUT2D eigenvalue weighted by Crippen LogP contribution is -2.42. The molecule has 0 saturated heterocycles. The zero-order chi connectivity index (χ0) is 16.5. The number of carbonyl (C=O) groups is 1. The van der Waals surface area contributed by atoms with Crippen molar-refractivity contribution >= 4 is 15.9 Å². The molecule has 23 heavy (non-hydrogen) atoms. The highest BCUT2D eigenvalue weighted by molar-refractivity contribution is 7.90. The Balaban J connectivity index is 1.64. The van der Waals surface area contributed by atoms with Crippen LogP contribution >= 0.6 is 0 Å². The van der Waals surface area contributed by atoms with Crippen molar-refractivity contribution in [2.45, 2.75) is 44.4 Å². The van der Waals surface area contributed by atoms with Crippen LogP contribution in [0.3, 0.4) is 0 Å². The quantitative estimate of drug-likeness (QED) is 0.898. The molecule has 0 heterocycles. The van der Waals surface area contributed by atoms with Gasteiger partial charge in [0.05, 0.1) is 17.2 Å². The van der Waals surface area contributed by atoms with E-state index in [1.807, 2.05) is 12.1 Å². The first kappa shape index (κ1) is 16.0. The van der Waals surface area contributed by atoms with Gasteiger partial charge >= 0.3 is 0 Å². The number of benzene rings is 1. The second-order valence-electron chi connectivity index (χ2n) is 6.69. The highest BCUT2D eigenvalue weighted by Crippen LogP contribution is 2.41. The van der Waals surface area contributed by atoms with Gasteiger partial charge in [0.2, 0.25) is 10.0 Å². The van der Waals surface area contributed by atoms with Crippen LogP contribution in [0.1, 0.15) is 60.4 Å². The van der Waals surface area contributed by atoms with Crippen LogP contribution < -0.4 is 4.72 Å². The van der Waals surface area contributed by atoms with Crippen molar-refractivity contribution in [2.24, 2.45) is 5.41 Å². The Bertz CT molecular complexity index is 739. The molecule has 0 bridgehead atoms. The first-order chi connectivity index (χ1) is 10.9. The van der Waals surface area contributed by atoms with Crippen LogP contribution in [0.5, 0.6) is 0 Å². The van der Waals surface area contributed by atoms with E-state index in [0.717, 1.165) is 6.42 Å². The zero-order valence-corrected chi connectivity index (χ0v) is 13.7. The summed E-state index contributed by atoms with van der Waals surface area (Å²) in [5.41, 5.74) is 0.713. The first-order valence-corrected chi connectivity index (χ1v) is 9.64. The molecular formula is C17H20N2O3S. The molecule has 0 unspecified atom stereocenters. The maximum Gasteiger partial charge on any atom is 0.264 e. The number of sulfonamides is 1. The van der Waals surface area contributed by atoms with E-state index in [1.54, 1.807) is 12.1 Å². The second-order valence-corrected chi connectivity index (χ2v) is 8.41. The maximum absolute atomic E-state index is 12.1. The number of hydrogen-bond donors (Lipinski definition) is 1. The van der Waals surface area contributed by atoms with Gasteiger partial charge in [0.15, 0.2) is 0 Å². The van der Waals surface area contributed by atoms with Gasteiger partial charge in [0, 0.05) is 5.56 Å². The minimum atomic E-state index is -3.80. The Morgan fingerprint density at radius 1 is 1.22 bits per heavy atom. The summed E-state index contributed by atoms with van der Waals surface area (Å²) in [6.45, 7) is 0. The molecule has 5 nitrogen and oxygen atoms in total. The number of nitrogens with one attached hydrogen (secondary N) is 1. The van der Waals surface area contributed by atoms with Gasteiger partial charge in [-0.15, -0.1) is 0 Å². The number of nitriles is 1. The van der Waals surface area contributed by atoms with Crippen molar-refractivity contribution < 1.29 is 13.2 Å². The van der Waals surface area contributed by atoms with E-state index in [4.69, 9.17) is 5.26 Å². The first-order valence-electron chi connectivity index (χ1n) is 7.99. The van der Waals surface area contributed by atoms with Crippen LogP contribution in [0, 0.1) is 16.7 Å². The van der Waals surface area contributed by atoms with Gasteiger partial charge in [-0.3, -0.25) is 4.79 Å². The Labute approximate surface area is 136 Å². The minimum absolute atomic E-state index is 0.303. The van der Waals surface area contributed by atoms with E-state index in [0.29, 0.717) is 24.3 Å². The summed E-state index contributed by atoms with van der Waals surface area (Å²) in [7, 11) is -3.80. The summed E-state index contributed by atoms with van der Waals surface area (Å²) in [5.74, 6) is -0.356. The van der Waals surface area contributed by atoms with Crippen LogP contribution in [0.2, 0.25) is 0 Å². The molecule has 2 aliphatic rings. The van der Waals surface area contributed by atoms with Crippen molar-refractivity contribution in [1.29, 1.82) is 5.26 Å². The maximum atomic E-state index is 12.1. The second kappa shape index (κ2) is 5.97. The normalized spacial score (nSPS) is 20.0. The van der Waals surface area contributed by atoms with Crippen LogP contribution in [0.25, 0.3) is 0 Å². The third kappa shape index (κ3) is 3.40. The summed E-state index contributed by atoms with van der Waals surface area (Å²) in [6, 6.07) is 9.22. The predicted octanol–water partition coefficient (Wildman–Crippen LogP) is 2.71. The van der Waals surface area contributed by atoms with E-state index in [1.165, 1.54) is 24.8 Å². The molecule has 0 radical (unpaired) electrons. The fourth-order valence-electron chi connectivity index (χ4n) is 3.14. The highest BCUT2D eigenvalue weighted by Gasteiger charge is 2.41. The molecule has 0 aliphatic heterocycles. The largest absolute Gasteiger partial charge is 0.268 e. The lowest BCUT2D eigenvalue weighted by atomic mass is 9.72. The van der Waals surface area contributed by atoms with Crippen molar-refractivity contribution in [3.63, 3.8) is 0 Å². The number of carbonyl (C=O) groups excluding carboxylic acids is 1. The lowest BCUT2D eigenvalue weighted by Gasteiger charge is -2.34. The van der Waals surface area contributed by atoms with Crippen molar-refractivity contribution in [2.75, 3.05) is 5.75 Å². The van der Waals surface area contributed by atoms with Crippen LogP contribution in [0.15, 0.2) is 24.3 Å². The average Bonchev–Trinajstić information content (AvgIpc) is 2.41. The number of hydrogen-bond acceptors (Lipinski definition) is 4. The number of nitrogens with zero attached hydrogens (tertiary/aromatic N) is 1. The smallest absolute Gasteiger partial charge is 0.264 e. The molecule has 3 rings (SSSR count). The Morgan fingerprint density at radius 2 is 1.87 bits per heavy atom. The predicted molar refractivity (Wildman–Crippen MR) is 86.2 cm³/mol. The topological polar surface area (TPSA) is 87.0 Å². The SMILES string of the molecule is N#CC1(CS(=O)(=O)NC(=O)c2ccc(C3CCC3)cc2)CCC1. The third-order valence-corrected chi connectivity index (χ3v) is 6.44. The van der Waals surface area contributed by atoms with Crippen molar-refractivity contribution in [3.8, 4) is 6.07 Å². The average molecular weight is 332 g/mol. The standard InChI is InChI=1S/C17H20N2O3S/c18-11-17(9-2-10-17)12-23(21,22)19-16(20)15-7-5-14(6-8-15)13-3-1-4-13/h5-8,13H,1-4,9-10,12H2,(H,19,20). The van der Waals surface area contributed by atoms with Crippen LogP contribution in [0.4, 0.5) is 0 Å². The fraction of sp³-hybridized carbons (Fsp3) is 0.529. The van der Waals surface area contributed by atoms with Crippen molar-refractivity contribution in [3.05, 3.63) is 35.4 Å². The molecule has 1 aromatic carbocycles. The van der Waals surface area contributed by atoms with Gasteiger partial charge < -0.3 is 0 Å². The molecule has 2 saturated carbocycles. The monoisotopic (exact) mass is 332 g/mol. The molecule has 1 amide bonds. The Morgan fingerprint density at radius 3 is 2.30 bits per heavy atom. The minimum Gasteiger partial charge on any atom is -0.268 e. The van der Waals surface area contributed by atoms with Gasteiger partial charge in [-0.05, 0) is 49.3 Å². The molecule has 2 fully saturated rings. The molecule has 0 aromatic heterocycles. The molecule has 0 atom stereocenters. The summed E-state index contributed by atoms with van der Waals surface area (Å²) < 4.78 is 26.3.